The summed E-state index contributed by atoms with van der Waals surface area (Å²) < 4.78 is 22.3. The Hall–Kier alpha value is -2.62. The average Bonchev–Trinajstić information content (AvgIpc) is 3.19. The topological polar surface area (TPSA) is 71.1 Å². The molecule has 1 unspecified atom stereocenters. The molecule has 3 atom stereocenters. The van der Waals surface area contributed by atoms with Crippen LogP contribution in [0.2, 0.25) is 0 Å². The van der Waals surface area contributed by atoms with Crippen LogP contribution in [0.5, 0.6) is 5.75 Å². The lowest BCUT2D eigenvalue weighted by Gasteiger charge is -2.46. The van der Waals surface area contributed by atoms with Crippen molar-refractivity contribution in [3.63, 3.8) is 0 Å². The molecule has 0 aromatic heterocycles. The zero-order valence-corrected chi connectivity index (χ0v) is 18.6. The van der Waals surface area contributed by atoms with Gasteiger partial charge in [-0.25, -0.2) is 4.79 Å². The van der Waals surface area contributed by atoms with E-state index in [1.165, 1.54) is 0 Å². The Bertz CT molecular complexity index is 1050. The van der Waals surface area contributed by atoms with Crippen molar-refractivity contribution in [3.8, 4) is 17.6 Å². The van der Waals surface area contributed by atoms with Crippen molar-refractivity contribution < 1.29 is 28.5 Å². The fourth-order valence-corrected chi connectivity index (χ4v) is 5.68. The van der Waals surface area contributed by atoms with E-state index >= 15 is 0 Å². The molecule has 0 saturated carbocycles. The number of carbonyl (C=O) groups excluding carboxylic acids is 2. The van der Waals surface area contributed by atoms with Crippen LogP contribution in [0, 0.1) is 17.8 Å². The Morgan fingerprint density at radius 2 is 2.12 bits per heavy atom. The maximum absolute atomic E-state index is 13.3. The lowest BCUT2D eigenvalue weighted by atomic mass is 9.56. The highest BCUT2D eigenvalue weighted by molar-refractivity contribution is 6.03. The first kappa shape index (κ1) is 21.2. The molecule has 4 aliphatic rings. The number of ketones is 1. The Kier molecular flexibility index (Phi) is 5.56. The fraction of sp³-hybridized carbons (Fsp3) is 0.538. The number of fused-ring (bicyclic) bond motifs is 4. The van der Waals surface area contributed by atoms with Gasteiger partial charge in [0.15, 0.2) is 12.1 Å². The van der Waals surface area contributed by atoms with Crippen LogP contribution in [0.3, 0.4) is 0 Å². The van der Waals surface area contributed by atoms with Gasteiger partial charge in [-0.15, -0.1) is 0 Å². The second-order valence-electron chi connectivity index (χ2n) is 9.16. The van der Waals surface area contributed by atoms with E-state index in [4.69, 9.17) is 18.9 Å². The molecular formula is C26H28O6. The predicted octanol–water partition coefficient (Wildman–Crippen LogP) is 3.70. The smallest absolute Gasteiger partial charge is 0.334 e. The number of Topliss-reactive ketones (excluding diaryl/α,β-unsaturated/α-hetero) is 1. The number of methoxy groups -OCH3 is 1. The molecule has 5 rings (SSSR count). The maximum atomic E-state index is 13.3. The lowest BCUT2D eigenvalue weighted by Crippen LogP contribution is -2.43. The molecule has 6 heteroatoms. The third kappa shape index (κ3) is 3.44. The summed E-state index contributed by atoms with van der Waals surface area (Å²) in [6, 6.07) is 3.95. The van der Waals surface area contributed by atoms with Crippen LogP contribution < -0.4 is 4.74 Å². The highest BCUT2D eigenvalue weighted by Crippen LogP contribution is 2.54. The highest BCUT2D eigenvalue weighted by atomic mass is 16.7. The summed E-state index contributed by atoms with van der Waals surface area (Å²) in [6.07, 6.45) is 4.74. The lowest BCUT2D eigenvalue weighted by molar-refractivity contribution is -0.154. The van der Waals surface area contributed by atoms with Crippen molar-refractivity contribution in [2.75, 3.05) is 26.9 Å². The largest absolute Gasteiger partial charge is 0.495 e. The van der Waals surface area contributed by atoms with Crippen LogP contribution in [0.1, 0.15) is 66.9 Å². The summed E-state index contributed by atoms with van der Waals surface area (Å²) >= 11 is 0. The SMILES string of the molecule is COc1c(C#CCOC2CCCCO2)ccc2c1C(=O)C[C@H]1C3=C(CC[C@]21C)C(=O)OC3. The van der Waals surface area contributed by atoms with Gasteiger partial charge in [0, 0.05) is 29.9 Å². The second kappa shape index (κ2) is 8.38. The van der Waals surface area contributed by atoms with E-state index in [-0.39, 0.29) is 36.0 Å². The third-order valence-corrected chi connectivity index (χ3v) is 7.42. The number of hydrogen-bond acceptors (Lipinski definition) is 6. The van der Waals surface area contributed by atoms with Gasteiger partial charge in [0.1, 0.15) is 19.0 Å². The van der Waals surface area contributed by atoms with E-state index in [1.807, 2.05) is 12.1 Å². The van der Waals surface area contributed by atoms with Crippen LogP contribution in [0.25, 0.3) is 0 Å². The molecule has 2 aliphatic carbocycles. The molecule has 0 amide bonds. The van der Waals surface area contributed by atoms with Crippen LogP contribution in [0.4, 0.5) is 0 Å². The number of cyclic esters (lactones) is 1. The first-order chi connectivity index (χ1) is 15.5. The normalized spacial score (nSPS) is 28.8. The van der Waals surface area contributed by atoms with Crippen molar-refractivity contribution in [1.29, 1.82) is 0 Å². The molecule has 2 heterocycles. The molecule has 0 radical (unpaired) electrons. The van der Waals surface area contributed by atoms with Gasteiger partial charge in [0.05, 0.1) is 18.2 Å². The summed E-state index contributed by atoms with van der Waals surface area (Å²) in [5.41, 5.74) is 3.84. The minimum Gasteiger partial charge on any atom is -0.495 e. The van der Waals surface area contributed by atoms with Gasteiger partial charge < -0.3 is 18.9 Å². The summed E-state index contributed by atoms with van der Waals surface area (Å²) in [4.78, 5) is 25.4. The van der Waals surface area contributed by atoms with Crippen molar-refractivity contribution >= 4 is 11.8 Å². The van der Waals surface area contributed by atoms with Gasteiger partial charge in [0.25, 0.3) is 0 Å². The number of hydrogen-bond donors (Lipinski definition) is 0. The third-order valence-electron chi connectivity index (χ3n) is 7.42. The van der Waals surface area contributed by atoms with E-state index in [1.54, 1.807) is 7.11 Å². The Morgan fingerprint density at radius 1 is 1.25 bits per heavy atom. The van der Waals surface area contributed by atoms with E-state index in [2.05, 4.69) is 18.8 Å². The van der Waals surface area contributed by atoms with Gasteiger partial charge in [0.2, 0.25) is 0 Å². The summed E-state index contributed by atoms with van der Waals surface area (Å²) in [5, 5.41) is 0. The second-order valence-corrected chi connectivity index (χ2v) is 9.16. The van der Waals surface area contributed by atoms with E-state index in [0.717, 1.165) is 49.0 Å². The molecule has 1 aromatic rings. The first-order valence-electron chi connectivity index (χ1n) is 11.4. The standard InChI is InChI=1S/C26H28O6/c1-26-11-10-17-18(15-32-25(17)28)20(26)14-21(27)23-19(26)9-8-16(24(23)29-2)6-5-13-31-22-7-3-4-12-30-22/h8-9,20,22H,3-4,7,10-15H2,1-2H3/t20-,22?,26+/m0/s1. The van der Waals surface area contributed by atoms with E-state index in [0.29, 0.717) is 36.3 Å². The number of benzene rings is 1. The number of rotatable bonds is 3. The van der Waals surface area contributed by atoms with Gasteiger partial charge in [-0.1, -0.05) is 24.8 Å². The molecule has 1 aromatic carbocycles. The van der Waals surface area contributed by atoms with Crippen LogP contribution >= 0.6 is 0 Å². The molecule has 168 valence electrons. The van der Waals surface area contributed by atoms with Crippen molar-refractivity contribution in [3.05, 3.63) is 40.0 Å². The Balaban J connectivity index is 1.44. The summed E-state index contributed by atoms with van der Waals surface area (Å²) in [7, 11) is 1.58. The molecule has 1 saturated heterocycles. The quantitative estimate of drug-likeness (QED) is 0.532. The van der Waals surface area contributed by atoms with Gasteiger partial charge in [-0.2, -0.15) is 0 Å². The first-order valence-corrected chi connectivity index (χ1v) is 11.4. The zero-order valence-electron chi connectivity index (χ0n) is 18.6. The van der Waals surface area contributed by atoms with E-state index in [9.17, 15) is 9.59 Å². The van der Waals surface area contributed by atoms with Gasteiger partial charge >= 0.3 is 5.97 Å². The molecule has 32 heavy (non-hydrogen) atoms. The Morgan fingerprint density at radius 3 is 2.91 bits per heavy atom. The number of ether oxygens (including phenoxy) is 4. The summed E-state index contributed by atoms with van der Waals surface area (Å²) in [6.45, 7) is 3.50. The highest BCUT2D eigenvalue weighted by Gasteiger charge is 2.51. The molecule has 6 nitrogen and oxygen atoms in total. The predicted molar refractivity (Wildman–Crippen MR) is 116 cm³/mol. The van der Waals surface area contributed by atoms with Gasteiger partial charge in [-0.3, -0.25) is 4.79 Å². The molecule has 2 aliphatic heterocycles. The maximum Gasteiger partial charge on any atom is 0.334 e. The number of esters is 1. The molecule has 0 N–H and O–H groups in total. The number of carbonyl (C=O) groups is 2. The fourth-order valence-electron chi connectivity index (χ4n) is 5.68. The summed E-state index contributed by atoms with van der Waals surface area (Å²) in [5.74, 6) is 6.50. The molecule has 1 fully saturated rings. The van der Waals surface area contributed by atoms with Crippen molar-refractivity contribution in [2.24, 2.45) is 5.92 Å². The molecular weight excluding hydrogens is 408 g/mol. The zero-order chi connectivity index (χ0) is 22.3. The average molecular weight is 437 g/mol. The van der Waals surface area contributed by atoms with E-state index < -0.39 is 0 Å². The van der Waals surface area contributed by atoms with Crippen molar-refractivity contribution in [1.82, 2.24) is 0 Å². The molecule has 0 spiro atoms. The van der Waals surface area contributed by atoms with Crippen molar-refractivity contribution in [2.45, 2.75) is 57.2 Å². The van der Waals surface area contributed by atoms with Crippen LogP contribution in [-0.2, 0) is 24.4 Å². The monoisotopic (exact) mass is 436 g/mol. The van der Waals surface area contributed by atoms with Gasteiger partial charge in [-0.05, 0) is 49.3 Å². The molecule has 0 bridgehead atoms. The Labute approximate surface area is 188 Å². The van der Waals surface area contributed by atoms with Crippen LogP contribution in [0.15, 0.2) is 23.3 Å². The minimum absolute atomic E-state index is 0.0109. The minimum atomic E-state index is -0.239. The van der Waals surface area contributed by atoms with Crippen LogP contribution in [-0.4, -0.2) is 45.0 Å².